The molecule has 2 aliphatic rings. The smallest absolute Gasteiger partial charge is 0.317 e. The number of nitrogens with one attached hydrogen (secondary N) is 2. The van der Waals surface area contributed by atoms with E-state index >= 15 is 0 Å². The van der Waals surface area contributed by atoms with Gasteiger partial charge in [0.25, 0.3) is 0 Å². The predicted octanol–water partition coefficient (Wildman–Crippen LogP) is 2.27. The third kappa shape index (κ3) is 4.35. The fraction of sp³-hybridized carbons (Fsp3) is 0.875. The van der Waals surface area contributed by atoms with E-state index in [4.69, 9.17) is 0 Å². The number of amides is 3. The molecule has 2 rings (SSSR count). The van der Waals surface area contributed by atoms with Gasteiger partial charge in [0.15, 0.2) is 0 Å². The highest BCUT2D eigenvalue weighted by molar-refractivity contribution is 5.81. The van der Waals surface area contributed by atoms with Crippen molar-refractivity contribution in [2.75, 3.05) is 19.6 Å². The molecule has 5 heteroatoms. The first kappa shape index (κ1) is 16.1. The maximum Gasteiger partial charge on any atom is 0.317 e. The van der Waals surface area contributed by atoms with Gasteiger partial charge in [-0.2, -0.15) is 0 Å². The van der Waals surface area contributed by atoms with Crippen LogP contribution in [0.15, 0.2) is 0 Å². The topological polar surface area (TPSA) is 61.4 Å². The molecular formula is C16H29N3O2. The van der Waals surface area contributed by atoms with Crippen LogP contribution in [0.25, 0.3) is 0 Å². The summed E-state index contributed by atoms with van der Waals surface area (Å²) in [5.74, 6) is 0.128. The van der Waals surface area contributed by atoms with E-state index in [2.05, 4.69) is 17.6 Å². The van der Waals surface area contributed by atoms with Gasteiger partial charge in [0.1, 0.15) is 0 Å². The normalized spacial score (nSPS) is 27.5. The van der Waals surface area contributed by atoms with Gasteiger partial charge in [-0.15, -0.1) is 0 Å². The molecule has 0 aromatic carbocycles. The fourth-order valence-electron chi connectivity index (χ4n) is 3.47. The van der Waals surface area contributed by atoms with Gasteiger partial charge in [0, 0.05) is 25.7 Å². The average molecular weight is 295 g/mol. The van der Waals surface area contributed by atoms with E-state index in [-0.39, 0.29) is 23.9 Å². The molecule has 21 heavy (non-hydrogen) atoms. The lowest BCUT2D eigenvalue weighted by Crippen LogP contribution is -2.51. The van der Waals surface area contributed by atoms with Crippen LogP contribution in [0.1, 0.15) is 58.3 Å². The SMILES string of the molecule is CCCNC(=O)N1CCCCCCNC(=O)[C@@H]2CCC[C@@H]21. The van der Waals surface area contributed by atoms with Crippen molar-refractivity contribution in [3.8, 4) is 0 Å². The molecule has 3 amide bonds. The van der Waals surface area contributed by atoms with Gasteiger partial charge in [-0.1, -0.05) is 26.2 Å². The number of carbonyl (C=O) groups is 2. The zero-order valence-electron chi connectivity index (χ0n) is 13.2. The summed E-state index contributed by atoms with van der Waals surface area (Å²) < 4.78 is 0. The third-order valence-electron chi connectivity index (χ3n) is 4.63. The molecule has 0 spiro atoms. The molecule has 0 bridgehead atoms. The molecule has 1 aliphatic carbocycles. The Bertz CT molecular complexity index is 359. The summed E-state index contributed by atoms with van der Waals surface area (Å²) in [6, 6.07) is 0.0979. The molecule has 2 N–H and O–H groups in total. The third-order valence-corrected chi connectivity index (χ3v) is 4.63. The molecule has 1 aliphatic heterocycles. The van der Waals surface area contributed by atoms with Crippen molar-refractivity contribution < 1.29 is 9.59 Å². The second kappa shape index (κ2) is 8.25. The quantitative estimate of drug-likeness (QED) is 0.821. The van der Waals surface area contributed by atoms with Crippen LogP contribution in [0.5, 0.6) is 0 Å². The molecule has 0 unspecified atom stereocenters. The number of hydrogen-bond acceptors (Lipinski definition) is 2. The minimum Gasteiger partial charge on any atom is -0.356 e. The number of rotatable bonds is 2. The van der Waals surface area contributed by atoms with Crippen molar-refractivity contribution in [2.24, 2.45) is 5.92 Å². The standard InChI is InChI=1S/C16H29N3O2/c1-2-10-18-16(21)19-12-6-4-3-5-11-17-15(20)13-8-7-9-14(13)19/h13-14H,2-12H2,1H3,(H,17,20)(H,18,21)/t13-,14+/m1/s1. The second-order valence-corrected chi connectivity index (χ2v) is 6.24. The Balaban J connectivity index is 2.09. The number of hydrogen-bond donors (Lipinski definition) is 2. The Labute approximate surface area is 127 Å². The Hall–Kier alpha value is -1.26. The molecule has 120 valence electrons. The summed E-state index contributed by atoms with van der Waals surface area (Å²) >= 11 is 0. The second-order valence-electron chi connectivity index (χ2n) is 6.24. The Morgan fingerprint density at radius 2 is 2.05 bits per heavy atom. The molecule has 1 heterocycles. The van der Waals surface area contributed by atoms with Crippen molar-refractivity contribution in [1.29, 1.82) is 0 Å². The van der Waals surface area contributed by atoms with E-state index in [1.54, 1.807) is 0 Å². The lowest BCUT2D eigenvalue weighted by molar-refractivity contribution is -0.126. The van der Waals surface area contributed by atoms with Gasteiger partial charge in [-0.25, -0.2) is 4.79 Å². The van der Waals surface area contributed by atoms with Crippen LogP contribution in [0.2, 0.25) is 0 Å². The first-order chi connectivity index (χ1) is 10.2. The zero-order chi connectivity index (χ0) is 15.1. The lowest BCUT2D eigenvalue weighted by atomic mass is 10.0. The van der Waals surface area contributed by atoms with Crippen molar-refractivity contribution in [1.82, 2.24) is 15.5 Å². The van der Waals surface area contributed by atoms with Crippen LogP contribution >= 0.6 is 0 Å². The zero-order valence-corrected chi connectivity index (χ0v) is 13.2. The van der Waals surface area contributed by atoms with Crippen molar-refractivity contribution >= 4 is 11.9 Å². The van der Waals surface area contributed by atoms with Gasteiger partial charge in [-0.05, 0) is 32.1 Å². The van der Waals surface area contributed by atoms with Gasteiger partial charge in [0.05, 0.1) is 5.92 Å². The lowest BCUT2D eigenvalue weighted by Gasteiger charge is -2.32. The van der Waals surface area contributed by atoms with Crippen molar-refractivity contribution in [3.63, 3.8) is 0 Å². The van der Waals surface area contributed by atoms with Crippen LogP contribution in [0.3, 0.4) is 0 Å². The Morgan fingerprint density at radius 1 is 1.24 bits per heavy atom. The van der Waals surface area contributed by atoms with Gasteiger partial charge >= 0.3 is 6.03 Å². The van der Waals surface area contributed by atoms with E-state index in [0.29, 0.717) is 6.54 Å². The summed E-state index contributed by atoms with van der Waals surface area (Å²) in [6.07, 6.45) is 8.19. The van der Waals surface area contributed by atoms with E-state index in [1.165, 1.54) is 0 Å². The molecule has 2 fully saturated rings. The summed E-state index contributed by atoms with van der Waals surface area (Å²) in [7, 11) is 0. The summed E-state index contributed by atoms with van der Waals surface area (Å²) in [4.78, 5) is 26.7. The highest BCUT2D eigenvalue weighted by Gasteiger charge is 2.38. The highest BCUT2D eigenvalue weighted by atomic mass is 16.2. The summed E-state index contributed by atoms with van der Waals surface area (Å²) in [6.45, 7) is 4.33. The average Bonchev–Trinajstić information content (AvgIpc) is 2.95. The van der Waals surface area contributed by atoms with E-state index in [1.807, 2.05) is 4.90 Å². The van der Waals surface area contributed by atoms with Gasteiger partial charge in [0.2, 0.25) is 5.91 Å². The molecule has 1 saturated carbocycles. The van der Waals surface area contributed by atoms with Gasteiger partial charge in [-0.3, -0.25) is 4.79 Å². The van der Waals surface area contributed by atoms with Crippen molar-refractivity contribution in [2.45, 2.75) is 64.3 Å². The fourth-order valence-corrected chi connectivity index (χ4v) is 3.47. The Kier molecular flexibility index (Phi) is 6.33. The van der Waals surface area contributed by atoms with Crippen molar-refractivity contribution in [3.05, 3.63) is 0 Å². The van der Waals surface area contributed by atoms with Crippen LogP contribution in [0.4, 0.5) is 4.79 Å². The summed E-state index contributed by atoms with van der Waals surface area (Å²) in [5.41, 5.74) is 0. The van der Waals surface area contributed by atoms with E-state index in [0.717, 1.165) is 64.5 Å². The number of carbonyl (C=O) groups excluding carboxylic acids is 2. The maximum atomic E-state index is 12.4. The highest BCUT2D eigenvalue weighted by Crippen LogP contribution is 2.31. The molecule has 5 nitrogen and oxygen atoms in total. The van der Waals surface area contributed by atoms with E-state index < -0.39 is 0 Å². The maximum absolute atomic E-state index is 12.4. The van der Waals surface area contributed by atoms with Crippen LogP contribution in [0, 0.1) is 5.92 Å². The van der Waals surface area contributed by atoms with Gasteiger partial charge < -0.3 is 15.5 Å². The Morgan fingerprint density at radius 3 is 2.86 bits per heavy atom. The molecule has 2 atom stereocenters. The molecule has 0 radical (unpaired) electrons. The number of urea groups is 1. The molecule has 1 saturated heterocycles. The molecular weight excluding hydrogens is 266 g/mol. The monoisotopic (exact) mass is 295 g/mol. The van der Waals surface area contributed by atoms with Crippen LogP contribution in [-0.4, -0.2) is 42.5 Å². The largest absolute Gasteiger partial charge is 0.356 e. The van der Waals surface area contributed by atoms with E-state index in [9.17, 15) is 9.59 Å². The first-order valence-electron chi connectivity index (χ1n) is 8.56. The van der Waals surface area contributed by atoms with Crippen LogP contribution in [-0.2, 0) is 4.79 Å². The minimum atomic E-state index is -0.0181. The number of fused-ring (bicyclic) bond motifs is 1. The number of nitrogens with zero attached hydrogens (tertiary/aromatic N) is 1. The summed E-state index contributed by atoms with van der Waals surface area (Å²) in [5, 5.41) is 6.04. The molecule has 0 aromatic rings. The first-order valence-corrected chi connectivity index (χ1v) is 8.56. The molecule has 0 aromatic heterocycles. The van der Waals surface area contributed by atoms with Crippen LogP contribution < -0.4 is 10.6 Å². The minimum absolute atomic E-state index is 0.0146. The predicted molar refractivity (Wildman–Crippen MR) is 83.0 cm³/mol.